The maximum atomic E-state index is 12.4. The SMILES string of the molecule is O=C(NCc1cc2c(C(=O)O)cccc2s1)OCC1c2ccccc2-c2ccccc21. The molecule has 1 aromatic heterocycles. The molecule has 5 nitrogen and oxygen atoms in total. The topological polar surface area (TPSA) is 75.6 Å². The normalized spacial score (nSPS) is 12.4. The Morgan fingerprint density at radius 3 is 2.29 bits per heavy atom. The summed E-state index contributed by atoms with van der Waals surface area (Å²) in [6, 6.07) is 23.4. The zero-order chi connectivity index (χ0) is 21.4. The Balaban J connectivity index is 1.26. The van der Waals surface area contributed by atoms with Crippen molar-refractivity contribution in [2.45, 2.75) is 12.5 Å². The number of carboxylic acids is 1. The maximum absolute atomic E-state index is 12.4. The first-order valence-corrected chi connectivity index (χ1v) is 10.8. The molecule has 0 radical (unpaired) electrons. The highest BCUT2D eigenvalue weighted by atomic mass is 32.1. The zero-order valence-electron chi connectivity index (χ0n) is 16.5. The lowest BCUT2D eigenvalue weighted by atomic mass is 9.98. The van der Waals surface area contributed by atoms with Crippen LogP contribution in [0.25, 0.3) is 21.2 Å². The van der Waals surface area contributed by atoms with Crippen LogP contribution in [0.2, 0.25) is 0 Å². The van der Waals surface area contributed by atoms with Gasteiger partial charge in [-0.1, -0.05) is 54.6 Å². The van der Waals surface area contributed by atoms with Gasteiger partial charge in [0, 0.05) is 20.9 Å². The van der Waals surface area contributed by atoms with Gasteiger partial charge in [0.25, 0.3) is 0 Å². The summed E-state index contributed by atoms with van der Waals surface area (Å²) in [4.78, 5) is 24.6. The lowest BCUT2D eigenvalue weighted by Gasteiger charge is -2.14. The smallest absolute Gasteiger partial charge is 0.407 e. The molecule has 154 valence electrons. The average Bonchev–Trinajstić information content (AvgIpc) is 3.35. The monoisotopic (exact) mass is 429 g/mol. The highest BCUT2D eigenvalue weighted by Crippen LogP contribution is 2.44. The van der Waals surface area contributed by atoms with E-state index in [1.54, 1.807) is 12.1 Å². The van der Waals surface area contributed by atoms with E-state index in [0.717, 1.165) is 9.58 Å². The standard InChI is InChI=1S/C25H19NO4S/c27-24(28)20-10-5-11-23-21(20)12-15(31-23)13-26-25(29)30-14-22-18-8-3-1-6-16(18)17-7-2-4-9-19(17)22/h1-12,22H,13-14H2,(H,26,29)(H,27,28). The summed E-state index contributed by atoms with van der Waals surface area (Å²) in [6.07, 6.45) is -0.488. The molecule has 0 saturated heterocycles. The number of ether oxygens (including phenoxy) is 1. The van der Waals surface area contributed by atoms with E-state index in [1.165, 1.54) is 33.6 Å². The molecule has 1 aliphatic rings. The van der Waals surface area contributed by atoms with Gasteiger partial charge in [0.1, 0.15) is 6.61 Å². The van der Waals surface area contributed by atoms with Crippen LogP contribution < -0.4 is 5.32 Å². The maximum Gasteiger partial charge on any atom is 0.407 e. The molecule has 1 amide bonds. The van der Waals surface area contributed by atoms with Gasteiger partial charge >= 0.3 is 12.1 Å². The summed E-state index contributed by atoms with van der Waals surface area (Å²) in [6.45, 7) is 0.546. The van der Waals surface area contributed by atoms with Crippen molar-refractivity contribution < 1.29 is 19.4 Å². The Hall–Kier alpha value is -3.64. The fraction of sp³-hybridized carbons (Fsp3) is 0.120. The van der Waals surface area contributed by atoms with Crippen molar-refractivity contribution in [2.75, 3.05) is 6.61 Å². The predicted molar refractivity (Wildman–Crippen MR) is 121 cm³/mol. The molecule has 0 unspecified atom stereocenters. The first-order chi connectivity index (χ1) is 15.1. The van der Waals surface area contributed by atoms with Gasteiger partial charge in [-0.3, -0.25) is 0 Å². The predicted octanol–water partition coefficient (Wildman–Crippen LogP) is 5.64. The minimum absolute atomic E-state index is 0.0144. The van der Waals surface area contributed by atoms with Crippen LogP contribution in [0.15, 0.2) is 72.8 Å². The third-order valence-corrected chi connectivity index (χ3v) is 6.69. The number of thiophene rings is 1. The Morgan fingerprint density at radius 1 is 0.935 bits per heavy atom. The second-order valence-corrected chi connectivity index (χ2v) is 8.58. The number of alkyl carbamates (subject to hydrolysis) is 1. The highest BCUT2D eigenvalue weighted by Gasteiger charge is 2.29. The summed E-state index contributed by atoms with van der Waals surface area (Å²) in [5.74, 6) is -0.944. The molecule has 2 N–H and O–H groups in total. The van der Waals surface area contributed by atoms with E-state index in [2.05, 4.69) is 29.6 Å². The lowest BCUT2D eigenvalue weighted by molar-refractivity contribution is 0.0699. The van der Waals surface area contributed by atoms with Gasteiger partial charge in [-0.25, -0.2) is 9.59 Å². The van der Waals surface area contributed by atoms with Gasteiger partial charge in [-0.05, 0) is 40.5 Å². The summed E-state index contributed by atoms with van der Waals surface area (Å²) >= 11 is 1.46. The number of hydrogen-bond acceptors (Lipinski definition) is 4. The molecule has 0 saturated carbocycles. The average molecular weight is 429 g/mol. The Kier molecular flexibility index (Phi) is 4.92. The highest BCUT2D eigenvalue weighted by molar-refractivity contribution is 7.19. The van der Waals surface area contributed by atoms with Gasteiger partial charge < -0.3 is 15.2 Å². The Labute approximate surface area is 182 Å². The molecule has 5 rings (SSSR count). The van der Waals surface area contributed by atoms with Crippen molar-refractivity contribution in [2.24, 2.45) is 0 Å². The van der Waals surface area contributed by atoms with Crippen molar-refractivity contribution in [3.05, 3.63) is 94.4 Å². The van der Waals surface area contributed by atoms with Crippen molar-refractivity contribution in [1.29, 1.82) is 0 Å². The van der Waals surface area contributed by atoms with Crippen LogP contribution in [0.5, 0.6) is 0 Å². The van der Waals surface area contributed by atoms with E-state index in [9.17, 15) is 14.7 Å². The van der Waals surface area contributed by atoms with Crippen molar-refractivity contribution in [3.8, 4) is 11.1 Å². The number of carbonyl (C=O) groups is 2. The third-order valence-electron chi connectivity index (χ3n) is 5.59. The van der Waals surface area contributed by atoms with E-state index in [-0.39, 0.29) is 24.6 Å². The van der Waals surface area contributed by atoms with Gasteiger partial charge in [-0.15, -0.1) is 11.3 Å². The van der Waals surface area contributed by atoms with E-state index in [0.29, 0.717) is 5.39 Å². The van der Waals surface area contributed by atoms with Crippen molar-refractivity contribution in [3.63, 3.8) is 0 Å². The Bertz CT molecular complexity index is 1260. The van der Waals surface area contributed by atoms with Crippen LogP contribution in [-0.4, -0.2) is 23.8 Å². The number of nitrogens with one attached hydrogen (secondary N) is 1. The number of fused-ring (bicyclic) bond motifs is 4. The zero-order valence-corrected chi connectivity index (χ0v) is 17.3. The van der Waals surface area contributed by atoms with Crippen LogP contribution in [0.3, 0.4) is 0 Å². The molecule has 31 heavy (non-hydrogen) atoms. The van der Waals surface area contributed by atoms with Crippen molar-refractivity contribution >= 4 is 33.5 Å². The van der Waals surface area contributed by atoms with E-state index in [4.69, 9.17) is 4.74 Å². The van der Waals surface area contributed by atoms with Crippen LogP contribution in [0.4, 0.5) is 4.79 Å². The molecule has 4 aromatic rings. The van der Waals surface area contributed by atoms with Gasteiger partial charge in [0.2, 0.25) is 0 Å². The largest absolute Gasteiger partial charge is 0.478 e. The second-order valence-electron chi connectivity index (χ2n) is 7.41. The van der Waals surface area contributed by atoms with Crippen LogP contribution in [0, 0.1) is 0 Å². The second kappa shape index (κ2) is 7.89. The lowest BCUT2D eigenvalue weighted by Crippen LogP contribution is -2.25. The first-order valence-electron chi connectivity index (χ1n) is 9.95. The van der Waals surface area contributed by atoms with Crippen LogP contribution in [-0.2, 0) is 11.3 Å². The minimum atomic E-state index is -0.959. The number of rotatable bonds is 5. The molecular weight excluding hydrogens is 410 g/mol. The molecule has 1 aliphatic carbocycles. The van der Waals surface area contributed by atoms with Gasteiger partial charge in [0.15, 0.2) is 0 Å². The quantitative estimate of drug-likeness (QED) is 0.431. The molecule has 1 heterocycles. The fourth-order valence-corrected chi connectivity index (χ4v) is 5.22. The number of carboxylic acid groups (broad SMARTS) is 1. The molecule has 0 atom stereocenters. The molecule has 0 fully saturated rings. The summed E-state index contributed by atoms with van der Waals surface area (Å²) < 4.78 is 6.44. The number of amides is 1. The Morgan fingerprint density at radius 2 is 1.61 bits per heavy atom. The number of aromatic carboxylic acids is 1. The van der Waals surface area contributed by atoms with Crippen LogP contribution >= 0.6 is 11.3 Å². The molecule has 3 aromatic carbocycles. The summed E-state index contributed by atoms with van der Waals surface area (Å²) in [5.41, 5.74) is 4.98. The number of benzene rings is 3. The summed E-state index contributed by atoms with van der Waals surface area (Å²) in [7, 11) is 0. The minimum Gasteiger partial charge on any atom is -0.478 e. The van der Waals surface area contributed by atoms with E-state index < -0.39 is 12.1 Å². The number of carbonyl (C=O) groups excluding carboxylic acids is 1. The molecule has 0 spiro atoms. The molecule has 6 heteroatoms. The third kappa shape index (κ3) is 3.55. The molecule has 0 bridgehead atoms. The van der Waals surface area contributed by atoms with Gasteiger partial charge in [-0.2, -0.15) is 0 Å². The van der Waals surface area contributed by atoms with E-state index >= 15 is 0 Å². The van der Waals surface area contributed by atoms with Gasteiger partial charge in [0.05, 0.1) is 12.1 Å². The molecular formula is C25H19NO4S. The first kappa shape index (κ1) is 19.3. The van der Waals surface area contributed by atoms with E-state index in [1.807, 2.05) is 36.4 Å². The number of hydrogen-bond donors (Lipinski definition) is 2. The molecule has 0 aliphatic heterocycles. The fourth-order valence-electron chi connectivity index (χ4n) is 4.20. The van der Waals surface area contributed by atoms with Crippen molar-refractivity contribution in [1.82, 2.24) is 5.32 Å². The van der Waals surface area contributed by atoms with Crippen LogP contribution in [0.1, 0.15) is 32.3 Å². The summed E-state index contributed by atoms with van der Waals surface area (Å²) in [5, 5.41) is 12.8.